The van der Waals surface area contributed by atoms with E-state index in [1.165, 1.54) is 12.8 Å². The average Bonchev–Trinajstić information content (AvgIpc) is 3.32. The molecule has 0 bridgehead atoms. The first-order valence-electron chi connectivity index (χ1n) is 12.5. The molecule has 0 saturated heterocycles. The lowest BCUT2D eigenvalue weighted by atomic mass is 9.90. The van der Waals surface area contributed by atoms with Gasteiger partial charge in [0, 0.05) is 49.5 Å². The van der Waals surface area contributed by atoms with Gasteiger partial charge in [0.05, 0.1) is 18.0 Å². The third-order valence-corrected chi connectivity index (χ3v) is 6.63. The van der Waals surface area contributed by atoms with Gasteiger partial charge in [0.15, 0.2) is 0 Å². The first-order valence-corrected chi connectivity index (χ1v) is 12.5. The minimum Gasteiger partial charge on any atom is -0.384 e. The molecule has 3 N–H and O–H groups in total. The standard InChI is InChI=1S/C26H38N6O2.2ClH/c1-17-11-12-19-18(14-17)23(32-24(30-19)25(33)28-15-26(2,3)16-34-4)31-21-9-6-5-8-20(21)29-22-10-7-13-27-22;;/h11-12,14,20-21H,5-10,13,15-16H2,1-4H3,(H,27,29)(H,28,33)(H,30,31,32);2*1H/t20-,21+;;/m1../s1. The molecule has 1 aromatic heterocycles. The van der Waals surface area contributed by atoms with Gasteiger partial charge in [-0.3, -0.25) is 9.79 Å². The molecule has 1 aliphatic heterocycles. The molecule has 1 aliphatic carbocycles. The molecule has 0 unspecified atom stereocenters. The van der Waals surface area contributed by atoms with Crippen molar-refractivity contribution in [2.24, 2.45) is 10.4 Å². The molecule has 2 heterocycles. The highest BCUT2D eigenvalue weighted by Gasteiger charge is 2.28. The third kappa shape index (κ3) is 7.67. The molecule has 1 fully saturated rings. The molecule has 36 heavy (non-hydrogen) atoms. The Morgan fingerprint density at radius 2 is 1.81 bits per heavy atom. The van der Waals surface area contributed by atoms with Gasteiger partial charge in [-0.2, -0.15) is 0 Å². The van der Waals surface area contributed by atoms with E-state index in [4.69, 9.17) is 9.72 Å². The third-order valence-electron chi connectivity index (χ3n) is 6.63. The van der Waals surface area contributed by atoms with Crippen LogP contribution in [0.3, 0.4) is 0 Å². The van der Waals surface area contributed by atoms with Gasteiger partial charge in [-0.15, -0.1) is 24.8 Å². The molecular weight excluding hydrogens is 499 g/mol. The Balaban J connectivity index is 0.00000228. The first-order chi connectivity index (χ1) is 16.3. The fourth-order valence-electron chi connectivity index (χ4n) is 4.82. The number of fused-ring (bicyclic) bond motifs is 1. The van der Waals surface area contributed by atoms with Crippen molar-refractivity contribution in [1.82, 2.24) is 20.6 Å². The summed E-state index contributed by atoms with van der Waals surface area (Å²) < 4.78 is 5.27. The summed E-state index contributed by atoms with van der Waals surface area (Å²) in [6.07, 6.45) is 6.69. The summed E-state index contributed by atoms with van der Waals surface area (Å²) in [5.41, 5.74) is 1.73. The maximum Gasteiger partial charge on any atom is 0.289 e. The molecule has 8 nitrogen and oxygen atoms in total. The summed E-state index contributed by atoms with van der Waals surface area (Å²) in [5, 5.41) is 11.3. The second-order valence-corrected chi connectivity index (χ2v) is 10.4. The number of nitrogens with zero attached hydrogens (tertiary/aromatic N) is 3. The molecule has 2 aromatic rings. The molecule has 0 spiro atoms. The summed E-state index contributed by atoms with van der Waals surface area (Å²) in [6, 6.07) is 6.59. The number of halogens is 2. The molecular formula is C26H40Cl2N6O2. The monoisotopic (exact) mass is 538 g/mol. The van der Waals surface area contributed by atoms with E-state index >= 15 is 0 Å². The van der Waals surface area contributed by atoms with Crippen molar-refractivity contribution in [2.45, 2.75) is 71.4 Å². The number of benzene rings is 1. The number of ether oxygens (including phenoxy) is 1. The summed E-state index contributed by atoms with van der Waals surface area (Å²) >= 11 is 0. The highest BCUT2D eigenvalue weighted by atomic mass is 35.5. The zero-order valence-electron chi connectivity index (χ0n) is 21.7. The second kappa shape index (κ2) is 13.4. The maximum absolute atomic E-state index is 13.0. The number of rotatable bonds is 8. The van der Waals surface area contributed by atoms with Crippen LogP contribution in [0.1, 0.15) is 68.6 Å². The Labute approximate surface area is 226 Å². The zero-order valence-corrected chi connectivity index (χ0v) is 23.4. The van der Waals surface area contributed by atoms with Gasteiger partial charge < -0.3 is 20.7 Å². The molecule has 0 radical (unpaired) electrons. The van der Waals surface area contributed by atoms with E-state index in [2.05, 4.69) is 52.8 Å². The van der Waals surface area contributed by atoms with E-state index in [-0.39, 0.29) is 48.0 Å². The fourth-order valence-corrected chi connectivity index (χ4v) is 4.82. The van der Waals surface area contributed by atoms with E-state index in [1.54, 1.807) is 7.11 Å². The van der Waals surface area contributed by atoms with Crippen LogP contribution in [0.2, 0.25) is 0 Å². The van der Waals surface area contributed by atoms with Gasteiger partial charge in [0.1, 0.15) is 5.82 Å². The predicted octanol–water partition coefficient (Wildman–Crippen LogP) is 4.69. The van der Waals surface area contributed by atoms with Crippen LogP contribution in [0, 0.1) is 12.3 Å². The Kier molecular flexibility index (Phi) is 11.2. The number of hydrogen-bond acceptors (Lipinski definition) is 7. The summed E-state index contributed by atoms with van der Waals surface area (Å²) in [5.74, 6) is 1.77. The minimum absolute atomic E-state index is 0. The highest BCUT2D eigenvalue weighted by molar-refractivity contribution is 5.96. The first kappa shape index (κ1) is 30.1. The average molecular weight is 540 g/mol. The van der Waals surface area contributed by atoms with Gasteiger partial charge >= 0.3 is 0 Å². The Morgan fingerprint density at radius 3 is 2.47 bits per heavy atom. The highest BCUT2D eigenvalue weighted by Crippen LogP contribution is 2.27. The number of methoxy groups -OCH3 is 1. The SMILES string of the molecule is COCC(C)(C)CNC(=O)c1nc(N[C@H]2CCCC[C@H]2NC2=NCCC2)c2cc(C)ccc2n1.Cl.Cl. The van der Waals surface area contributed by atoms with Gasteiger partial charge in [0.25, 0.3) is 5.91 Å². The van der Waals surface area contributed by atoms with Crippen molar-refractivity contribution in [3.8, 4) is 0 Å². The van der Waals surface area contributed by atoms with Crippen molar-refractivity contribution in [1.29, 1.82) is 0 Å². The molecule has 10 heteroatoms. The lowest BCUT2D eigenvalue weighted by Crippen LogP contribution is -2.48. The smallest absolute Gasteiger partial charge is 0.289 e. The van der Waals surface area contributed by atoms with E-state index in [9.17, 15) is 4.79 Å². The normalized spacial score (nSPS) is 19.6. The summed E-state index contributed by atoms with van der Waals surface area (Å²) in [6.45, 7) is 8.12. The predicted molar refractivity (Wildman–Crippen MR) is 151 cm³/mol. The van der Waals surface area contributed by atoms with Gasteiger partial charge in [-0.25, -0.2) is 9.97 Å². The number of hydrogen-bond donors (Lipinski definition) is 3. The molecule has 4 rings (SSSR count). The number of nitrogens with one attached hydrogen (secondary N) is 3. The van der Waals surface area contributed by atoms with Gasteiger partial charge in [0.2, 0.25) is 5.82 Å². The number of aromatic nitrogens is 2. The van der Waals surface area contributed by atoms with Crippen molar-refractivity contribution >= 4 is 53.3 Å². The summed E-state index contributed by atoms with van der Waals surface area (Å²) in [4.78, 5) is 26.9. The van der Waals surface area contributed by atoms with Crippen LogP contribution in [-0.4, -0.2) is 60.6 Å². The van der Waals surface area contributed by atoms with Crippen molar-refractivity contribution in [2.75, 3.05) is 32.1 Å². The number of carbonyl (C=O) groups is 1. The molecule has 1 saturated carbocycles. The van der Waals surface area contributed by atoms with Crippen molar-refractivity contribution in [3.05, 3.63) is 29.6 Å². The van der Waals surface area contributed by atoms with Gasteiger partial charge in [-0.05, 0) is 38.3 Å². The van der Waals surface area contributed by atoms with Crippen LogP contribution in [0.4, 0.5) is 5.82 Å². The lowest BCUT2D eigenvalue weighted by molar-refractivity contribution is 0.0839. The number of amidine groups is 1. The van der Waals surface area contributed by atoms with E-state index < -0.39 is 0 Å². The Hall–Kier alpha value is -2.16. The van der Waals surface area contributed by atoms with Crippen LogP contribution in [0.15, 0.2) is 23.2 Å². The number of carbonyl (C=O) groups excluding carboxylic acids is 1. The Bertz CT molecular complexity index is 1060. The topological polar surface area (TPSA) is 101 Å². The number of amides is 1. The number of anilines is 1. The van der Waals surface area contributed by atoms with Crippen LogP contribution in [-0.2, 0) is 4.74 Å². The fraction of sp³-hybridized carbons (Fsp3) is 0.615. The van der Waals surface area contributed by atoms with Crippen LogP contribution < -0.4 is 16.0 Å². The second-order valence-electron chi connectivity index (χ2n) is 10.4. The summed E-state index contributed by atoms with van der Waals surface area (Å²) in [7, 11) is 1.67. The Morgan fingerprint density at radius 1 is 1.08 bits per heavy atom. The largest absolute Gasteiger partial charge is 0.384 e. The molecule has 2 aliphatic rings. The van der Waals surface area contributed by atoms with E-state index in [0.717, 1.165) is 60.3 Å². The van der Waals surface area contributed by atoms with E-state index in [1.807, 2.05) is 12.1 Å². The number of aliphatic imine (C=N–C) groups is 1. The van der Waals surface area contributed by atoms with Gasteiger partial charge in [-0.1, -0.05) is 38.3 Å². The van der Waals surface area contributed by atoms with E-state index in [0.29, 0.717) is 19.2 Å². The molecule has 1 aromatic carbocycles. The molecule has 2 atom stereocenters. The van der Waals surface area contributed by atoms with Crippen molar-refractivity contribution in [3.63, 3.8) is 0 Å². The van der Waals surface area contributed by atoms with Crippen molar-refractivity contribution < 1.29 is 9.53 Å². The molecule has 1 amide bonds. The van der Waals surface area contributed by atoms with Crippen LogP contribution in [0.25, 0.3) is 10.9 Å². The quantitative estimate of drug-likeness (QED) is 0.450. The minimum atomic E-state index is -0.270. The lowest BCUT2D eigenvalue weighted by Gasteiger charge is -2.34. The number of aryl methyl sites for hydroxylation is 1. The maximum atomic E-state index is 13.0. The zero-order chi connectivity index (χ0) is 24.1. The van der Waals surface area contributed by atoms with Crippen LogP contribution in [0.5, 0.6) is 0 Å². The van der Waals surface area contributed by atoms with Crippen LogP contribution >= 0.6 is 24.8 Å². The molecule has 200 valence electrons.